The van der Waals surface area contributed by atoms with Crippen molar-refractivity contribution in [1.29, 1.82) is 0 Å². The topological polar surface area (TPSA) is 127 Å². The van der Waals surface area contributed by atoms with Crippen molar-refractivity contribution >= 4 is 31.0 Å². The molecule has 0 amide bonds. The molecule has 5 rings (SSSR count). The smallest absolute Gasteiger partial charge is 0.294 e. The fourth-order valence-electron chi connectivity index (χ4n) is 3.91. The van der Waals surface area contributed by atoms with Gasteiger partial charge in [0.05, 0.1) is 26.3 Å². The third-order valence-corrected chi connectivity index (χ3v) is 7.30. The van der Waals surface area contributed by atoms with E-state index in [-0.39, 0.29) is 0 Å². The van der Waals surface area contributed by atoms with Crippen LogP contribution in [-0.2, 0) is 20.2 Å². The van der Waals surface area contributed by atoms with Gasteiger partial charge in [-0.2, -0.15) is 21.2 Å². The molecule has 0 radical (unpaired) electrons. The second-order valence-electron chi connectivity index (χ2n) is 8.02. The Hall–Kier alpha value is -4.00. The summed E-state index contributed by atoms with van der Waals surface area (Å²) in [7, 11) is -10.2. The molecule has 1 aliphatic heterocycles. The Labute approximate surface area is 216 Å². The predicted molar refractivity (Wildman–Crippen MR) is 115 cm³/mol. The monoisotopic (exact) mass is 614 g/mol. The highest BCUT2D eigenvalue weighted by atomic mass is 32.2. The molecule has 40 heavy (non-hydrogen) atoms. The van der Waals surface area contributed by atoms with Crippen molar-refractivity contribution < 1.29 is 70.5 Å². The van der Waals surface area contributed by atoms with Crippen LogP contribution < -0.4 is 9.47 Å². The van der Waals surface area contributed by atoms with Gasteiger partial charge in [0.25, 0.3) is 20.2 Å². The van der Waals surface area contributed by atoms with Gasteiger partial charge in [-0.25, -0.2) is 30.7 Å². The van der Waals surface area contributed by atoms with Gasteiger partial charge < -0.3 is 9.47 Å². The van der Waals surface area contributed by atoms with Crippen molar-refractivity contribution in [2.24, 2.45) is 0 Å². The van der Waals surface area contributed by atoms with Crippen molar-refractivity contribution in [3.05, 3.63) is 70.8 Å². The standard InChI is InChI=1S/C22H6F8O8S2/c23-13-11(14(24)18(28)19(29)17(13)27)12-15(25)20(30)22-21(16(12)26)37-8-3-6(39(31,32)33)1-5-2-7(40(34,35)36)4-9(38-22)10(5)8/h1-4H,(H,31,32,33)(H,34,35,36). The first-order valence-corrected chi connectivity index (χ1v) is 13.0. The first-order chi connectivity index (χ1) is 18.4. The van der Waals surface area contributed by atoms with Crippen LogP contribution in [0.25, 0.3) is 21.9 Å². The number of benzene rings is 4. The summed E-state index contributed by atoms with van der Waals surface area (Å²) in [4.78, 5) is -2.06. The van der Waals surface area contributed by atoms with Crippen LogP contribution in [0.3, 0.4) is 0 Å². The van der Waals surface area contributed by atoms with Crippen molar-refractivity contribution in [2.75, 3.05) is 0 Å². The molecular weight excluding hydrogens is 608 g/mol. The molecule has 0 saturated carbocycles. The van der Waals surface area contributed by atoms with Crippen LogP contribution in [0.4, 0.5) is 35.1 Å². The molecule has 1 heterocycles. The van der Waals surface area contributed by atoms with Gasteiger partial charge in [0.15, 0.2) is 34.9 Å². The summed E-state index contributed by atoms with van der Waals surface area (Å²) >= 11 is 0. The largest absolute Gasteiger partial charge is 0.449 e. The molecule has 210 valence electrons. The molecule has 0 bridgehead atoms. The minimum Gasteiger partial charge on any atom is -0.449 e. The molecule has 8 nitrogen and oxygen atoms in total. The Bertz CT molecular complexity index is 2010. The molecule has 4 aromatic carbocycles. The zero-order valence-corrected chi connectivity index (χ0v) is 20.1. The first-order valence-electron chi connectivity index (χ1n) is 10.1. The Kier molecular flexibility index (Phi) is 6.03. The minimum absolute atomic E-state index is 0.478. The second-order valence-corrected chi connectivity index (χ2v) is 10.9. The highest BCUT2D eigenvalue weighted by Crippen LogP contribution is 2.52. The molecule has 0 unspecified atom stereocenters. The van der Waals surface area contributed by atoms with E-state index in [9.17, 15) is 47.9 Å². The lowest BCUT2D eigenvalue weighted by Gasteiger charge is -2.16. The second kappa shape index (κ2) is 8.75. The van der Waals surface area contributed by atoms with Crippen LogP contribution >= 0.6 is 0 Å². The summed E-state index contributed by atoms with van der Waals surface area (Å²) in [5.74, 6) is -25.5. The van der Waals surface area contributed by atoms with Crippen LogP contribution in [-0.4, -0.2) is 25.9 Å². The number of ether oxygens (including phenoxy) is 2. The summed E-state index contributed by atoms with van der Waals surface area (Å²) in [6, 6.07) is 2.23. The normalized spacial score (nSPS) is 13.1. The van der Waals surface area contributed by atoms with Crippen molar-refractivity contribution in [1.82, 2.24) is 0 Å². The fourth-order valence-corrected chi connectivity index (χ4v) is 4.97. The quantitative estimate of drug-likeness (QED) is 0.110. The molecule has 1 aliphatic rings. The van der Waals surface area contributed by atoms with Crippen molar-refractivity contribution in [3.8, 4) is 34.1 Å². The number of rotatable bonds is 3. The van der Waals surface area contributed by atoms with Gasteiger partial charge in [-0.15, -0.1) is 0 Å². The van der Waals surface area contributed by atoms with E-state index < -0.39 is 121 Å². The Morgan fingerprint density at radius 3 is 1.27 bits per heavy atom. The summed E-state index contributed by atoms with van der Waals surface area (Å²) < 4.78 is 192. The highest BCUT2D eigenvalue weighted by Gasteiger charge is 2.37. The SMILES string of the molecule is O=S(=O)(O)c1cc2c3c(cc(S(=O)(=O)O)cc3c1)Oc1c(F)c(-c3c(F)c(F)c(F)c(F)c3F)c(F)c(F)c1O2. The Balaban J connectivity index is 1.91. The van der Waals surface area contributed by atoms with Crippen LogP contribution in [0, 0.1) is 46.5 Å². The average molecular weight is 614 g/mol. The first kappa shape index (κ1) is 27.6. The van der Waals surface area contributed by atoms with Crippen LogP contribution in [0.1, 0.15) is 0 Å². The molecule has 0 atom stereocenters. The van der Waals surface area contributed by atoms with E-state index >= 15 is 13.2 Å². The molecular formula is C22H6F8O8S2. The van der Waals surface area contributed by atoms with E-state index in [1.165, 1.54) is 0 Å². The highest BCUT2D eigenvalue weighted by molar-refractivity contribution is 7.86. The van der Waals surface area contributed by atoms with Crippen molar-refractivity contribution in [3.63, 3.8) is 0 Å². The average Bonchev–Trinajstić information content (AvgIpc) is 3.04. The van der Waals surface area contributed by atoms with E-state index in [2.05, 4.69) is 0 Å². The summed E-state index contributed by atoms with van der Waals surface area (Å²) in [5, 5.41) is -0.989. The van der Waals surface area contributed by atoms with Crippen LogP contribution in [0.15, 0.2) is 34.1 Å². The van der Waals surface area contributed by atoms with E-state index in [0.717, 1.165) is 0 Å². The van der Waals surface area contributed by atoms with Crippen molar-refractivity contribution in [2.45, 2.75) is 9.79 Å². The van der Waals surface area contributed by atoms with E-state index in [0.29, 0.717) is 24.3 Å². The van der Waals surface area contributed by atoms with Gasteiger partial charge in [-0.1, -0.05) is 0 Å². The van der Waals surface area contributed by atoms with Crippen LogP contribution in [0.5, 0.6) is 23.0 Å². The molecule has 0 fully saturated rings. The maximum absolute atomic E-state index is 15.6. The van der Waals surface area contributed by atoms with Gasteiger partial charge in [0.2, 0.25) is 23.1 Å². The fraction of sp³-hybridized carbons (Fsp3) is 0. The van der Waals surface area contributed by atoms with Gasteiger partial charge >= 0.3 is 0 Å². The lowest BCUT2D eigenvalue weighted by Crippen LogP contribution is -2.09. The molecule has 0 spiro atoms. The molecule has 4 aromatic rings. The third kappa shape index (κ3) is 4.02. The van der Waals surface area contributed by atoms with E-state index in [4.69, 9.17) is 9.47 Å². The van der Waals surface area contributed by atoms with Gasteiger partial charge in [-0.05, 0) is 17.5 Å². The number of halogens is 8. The van der Waals surface area contributed by atoms with E-state index in [1.807, 2.05) is 0 Å². The molecule has 0 saturated heterocycles. The predicted octanol–water partition coefficient (Wildman–Crippen LogP) is 6.01. The minimum atomic E-state index is -5.13. The lowest BCUT2D eigenvalue weighted by molar-refractivity contribution is 0.367. The molecule has 0 aliphatic carbocycles. The number of hydrogen-bond donors (Lipinski definition) is 2. The Morgan fingerprint density at radius 1 is 0.500 bits per heavy atom. The van der Waals surface area contributed by atoms with E-state index in [1.54, 1.807) is 0 Å². The zero-order chi connectivity index (χ0) is 29.6. The van der Waals surface area contributed by atoms with Gasteiger partial charge in [-0.3, -0.25) is 9.11 Å². The maximum Gasteiger partial charge on any atom is 0.294 e. The molecule has 0 aromatic heterocycles. The van der Waals surface area contributed by atoms with Crippen LogP contribution in [0.2, 0.25) is 0 Å². The number of fused-ring (bicyclic) bond motifs is 1. The zero-order valence-electron chi connectivity index (χ0n) is 18.5. The summed E-state index contributed by atoms with van der Waals surface area (Å²) in [6.07, 6.45) is 0. The van der Waals surface area contributed by atoms with Gasteiger partial charge in [0, 0.05) is 12.1 Å². The maximum atomic E-state index is 15.6. The summed E-state index contributed by atoms with van der Waals surface area (Å²) in [6.45, 7) is 0. The lowest BCUT2D eigenvalue weighted by atomic mass is 10.0. The summed E-state index contributed by atoms with van der Waals surface area (Å²) in [5.41, 5.74) is -4.37. The molecule has 18 heteroatoms. The molecule has 2 N–H and O–H groups in total. The third-order valence-electron chi connectivity index (χ3n) is 5.64. The Morgan fingerprint density at radius 2 is 0.850 bits per heavy atom. The van der Waals surface area contributed by atoms with Gasteiger partial charge in [0.1, 0.15) is 11.5 Å². The number of hydrogen-bond acceptors (Lipinski definition) is 6.